The van der Waals surface area contributed by atoms with E-state index in [0.29, 0.717) is 33.0 Å². The topological polar surface area (TPSA) is 46.2 Å². The molecule has 0 aromatic rings. The summed E-state index contributed by atoms with van der Waals surface area (Å²) in [5.74, 6) is 0. The van der Waals surface area contributed by atoms with Crippen molar-refractivity contribution >= 4 is 17.4 Å². The van der Waals surface area contributed by atoms with E-state index in [1.165, 1.54) is 0 Å². The lowest BCUT2D eigenvalue weighted by molar-refractivity contribution is 0.0712. The largest absolute Gasteiger partial charge is 0.500 e. The van der Waals surface area contributed by atoms with Gasteiger partial charge in [-0.15, -0.1) is 0 Å². The van der Waals surface area contributed by atoms with E-state index in [1.54, 1.807) is 0 Å². The average Bonchev–Trinajstić information content (AvgIpc) is 2.38. The van der Waals surface area contributed by atoms with Crippen LogP contribution in [0, 0.1) is 0 Å². The van der Waals surface area contributed by atoms with Gasteiger partial charge in [0.15, 0.2) is 0 Å². The highest BCUT2D eigenvalue weighted by Gasteiger charge is 2.44. The summed E-state index contributed by atoms with van der Waals surface area (Å²) in [6, 6.07) is 1.59. The molecule has 0 bridgehead atoms. The Morgan fingerprint density at radius 2 is 0.900 bits per heavy atom. The lowest BCUT2D eigenvalue weighted by atomic mass is 10.9. The molecule has 0 aromatic carbocycles. The smallest absolute Gasteiger partial charge is 0.395 e. The van der Waals surface area contributed by atoms with Crippen LogP contribution in [0.3, 0.4) is 0 Å². The van der Waals surface area contributed by atoms with Crippen LogP contribution in [0.4, 0.5) is 0 Å². The molecule has 20 heavy (non-hydrogen) atoms. The first kappa shape index (κ1) is 20.2. The van der Waals surface area contributed by atoms with Crippen LogP contribution in [-0.2, 0) is 22.1 Å². The predicted octanol–water partition coefficient (Wildman–Crippen LogP) is 3.18. The van der Waals surface area contributed by atoms with Crippen LogP contribution in [0.2, 0.25) is 18.6 Å². The van der Waals surface area contributed by atoms with Crippen LogP contribution in [0.5, 0.6) is 0 Å². The molecule has 0 unspecified atom stereocenters. The maximum absolute atomic E-state index is 5.87. The van der Waals surface area contributed by atoms with Crippen LogP contribution in [0.25, 0.3) is 0 Å². The van der Waals surface area contributed by atoms with Crippen molar-refractivity contribution in [3.63, 3.8) is 0 Å². The van der Waals surface area contributed by atoms with Gasteiger partial charge in [-0.05, 0) is 47.2 Å². The highest BCUT2D eigenvalue weighted by atomic mass is 28.4. The second-order valence-corrected chi connectivity index (χ2v) is 10.6. The fraction of sp³-hybridized carbons (Fsp3) is 1.00. The summed E-state index contributed by atoms with van der Waals surface area (Å²) >= 11 is 0. The zero-order valence-corrected chi connectivity index (χ0v) is 16.0. The van der Waals surface area contributed by atoms with Crippen molar-refractivity contribution in [1.29, 1.82) is 0 Å². The molecular weight excluding hydrogens is 292 g/mol. The van der Waals surface area contributed by atoms with E-state index in [1.807, 2.05) is 34.6 Å². The number of hydrogen-bond donors (Lipinski definition) is 0. The third kappa shape index (κ3) is 7.30. The van der Waals surface area contributed by atoms with Crippen LogP contribution in [-0.4, -0.2) is 50.4 Å². The standard InChI is InChI=1S/C13H32O5Si2/c1-7-14-19(6,15-8-2)12-13-20(16-9-3,17-10-4)18-11-5/h7-13H2,1-6H3. The molecule has 0 aliphatic rings. The maximum atomic E-state index is 5.87. The first-order valence-electron chi connectivity index (χ1n) is 7.71. The molecule has 0 atom stereocenters. The summed E-state index contributed by atoms with van der Waals surface area (Å²) in [4.78, 5) is 0. The van der Waals surface area contributed by atoms with Gasteiger partial charge in [0, 0.05) is 39.1 Å². The van der Waals surface area contributed by atoms with Gasteiger partial charge in [-0.2, -0.15) is 0 Å². The van der Waals surface area contributed by atoms with E-state index in [2.05, 4.69) is 6.55 Å². The Balaban J connectivity index is 4.76. The minimum absolute atomic E-state index is 0.605. The first-order valence-corrected chi connectivity index (χ1v) is 12.2. The van der Waals surface area contributed by atoms with Gasteiger partial charge in [0.05, 0.1) is 0 Å². The average molecular weight is 325 g/mol. The van der Waals surface area contributed by atoms with Crippen molar-refractivity contribution < 1.29 is 22.1 Å². The van der Waals surface area contributed by atoms with Gasteiger partial charge in [0.25, 0.3) is 0 Å². The Kier molecular flexibility index (Phi) is 11.0. The van der Waals surface area contributed by atoms with Gasteiger partial charge in [-0.1, -0.05) is 0 Å². The van der Waals surface area contributed by atoms with Crippen LogP contribution in [0.15, 0.2) is 0 Å². The summed E-state index contributed by atoms with van der Waals surface area (Å²) in [6.07, 6.45) is 0. The lowest BCUT2D eigenvalue weighted by Crippen LogP contribution is -2.49. The molecule has 7 heteroatoms. The second kappa shape index (κ2) is 10.9. The molecule has 0 radical (unpaired) electrons. The zero-order chi connectivity index (χ0) is 15.5. The Morgan fingerprint density at radius 3 is 1.20 bits per heavy atom. The van der Waals surface area contributed by atoms with Crippen molar-refractivity contribution in [1.82, 2.24) is 0 Å². The third-order valence-electron chi connectivity index (χ3n) is 2.88. The minimum atomic E-state index is -2.59. The normalized spacial score (nSPS) is 12.9. The van der Waals surface area contributed by atoms with Crippen molar-refractivity contribution in [2.75, 3.05) is 33.0 Å². The highest BCUT2D eigenvalue weighted by molar-refractivity contribution is 6.69. The van der Waals surface area contributed by atoms with Crippen molar-refractivity contribution in [3.8, 4) is 0 Å². The maximum Gasteiger partial charge on any atom is 0.500 e. The fourth-order valence-corrected chi connectivity index (χ4v) is 8.82. The molecule has 0 aliphatic carbocycles. The SMILES string of the molecule is CCO[Si](C)(CC[Si](OCC)(OCC)OCC)OCC. The third-order valence-corrected chi connectivity index (χ3v) is 9.38. The van der Waals surface area contributed by atoms with Gasteiger partial charge in [0.1, 0.15) is 0 Å². The number of rotatable bonds is 13. The molecule has 0 rings (SSSR count). The molecular formula is C13H32O5Si2. The van der Waals surface area contributed by atoms with Crippen LogP contribution >= 0.6 is 0 Å². The summed E-state index contributed by atoms with van der Waals surface area (Å²) in [7, 11) is -4.74. The lowest BCUT2D eigenvalue weighted by Gasteiger charge is -2.32. The van der Waals surface area contributed by atoms with Crippen molar-refractivity contribution in [3.05, 3.63) is 0 Å². The molecule has 0 fully saturated rings. The molecule has 122 valence electrons. The predicted molar refractivity (Wildman–Crippen MR) is 85.1 cm³/mol. The molecule has 0 aromatic heterocycles. The van der Waals surface area contributed by atoms with Gasteiger partial charge >= 0.3 is 17.4 Å². The first-order chi connectivity index (χ1) is 9.51. The van der Waals surface area contributed by atoms with Crippen molar-refractivity contribution in [2.45, 2.75) is 53.3 Å². The monoisotopic (exact) mass is 324 g/mol. The molecule has 0 saturated heterocycles. The Bertz CT molecular complexity index is 218. The van der Waals surface area contributed by atoms with E-state index in [9.17, 15) is 0 Å². The van der Waals surface area contributed by atoms with Crippen LogP contribution < -0.4 is 0 Å². The highest BCUT2D eigenvalue weighted by Crippen LogP contribution is 2.25. The van der Waals surface area contributed by atoms with Gasteiger partial charge in [0.2, 0.25) is 0 Å². The molecule has 0 aliphatic heterocycles. The van der Waals surface area contributed by atoms with Crippen LogP contribution in [0.1, 0.15) is 34.6 Å². The van der Waals surface area contributed by atoms with E-state index >= 15 is 0 Å². The molecule has 0 heterocycles. The summed E-state index contributed by atoms with van der Waals surface area (Å²) in [6.45, 7) is 15.2. The van der Waals surface area contributed by atoms with E-state index in [0.717, 1.165) is 12.1 Å². The van der Waals surface area contributed by atoms with E-state index in [-0.39, 0.29) is 0 Å². The van der Waals surface area contributed by atoms with E-state index in [4.69, 9.17) is 22.1 Å². The summed E-state index contributed by atoms with van der Waals surface area (Å²) in [5.41, 5.74) is 0. The fourth-order valence-electron chi connectivity index (χ4n) is 2.18. The van der Waals surface area contributed by atoms with Gasteiger partial charge in [-0.25, -0.2) is 0 Å². The molecule has 0 spiro atoms. The quantitative estimate of drug-likeness (QED) is 0.487. The summed E-state index contributed by atoms with van der Waals surface area (Å²) < 4.78 is 29.3. The number of hydrogen-bond acceptors (Lipinski definition) is 5. The second-order valence-electron chi connectivity index (χ2n) is 4.48. The van der Waals surface area contributed by atoms with Gasteiger partial charge < -0.3 is 22.1 Å². The zero-order valence-electron chi connectivity index (χ0n) is 14.0. The Hall–Kier alpha value is 0.234. The molecule has 0 N–H and O–H groups in total. The van der Waals surface area contributed by atoms with Crippen molar-refractivity contribution in [2.24, 2.45) is 0 Å². The molecule has 0 saturated carbocycles. The van der Waals surface area contributed by atoms with E-state index < -0.39 is 17.4 Å². The summed E-state index contributed by atoms with van der Waals surface area (Å²) in [5, 5.41) is 0. The Morgan fingerprint density at radius 1 is 0.550 bits per heavy atom. The minimum Gasteiger partial charge on any atom is -0.395 e. The van der Waals surface area contributed by atoms with Gasteiger partial charge in [-0.3, -0.25) is 0 Å². The molecule has 0 amide bonds. The molecule has 5 nitrogen and oxygen atoms in total. The Labute approximate surface area is 126 Å².